The van der Waals surface area contributed by atoms with Crippen LogP contribution in [0, 0.1) is 6.92 Å². The van der Waals surface area contributed by atoms with Gasteiger partial charge in [0.05, 0.1) is 0 Å². The fraction of sp³-hybridized carbons (Fsp3) is 0.143. The van der Waals surface area contributed by atoms with Gasteiger partial charge < -0.3 is 9.84 Å². The monoisotopic (exact) mass is 277 g/mol. The molecule has 0 aliphatic heterocycles. The zero-order chi connectivity index (χ0) is 13.8. The molecule has 1 aromatic heterocycles. The highest BCUT2D eigenvalue weighted by molar-refractivity contribution is 6.30. The molecule has 0 spiro atoms. The summed E-state index contributed by atoms with van der Waals surface area (Å²) in [5, 5.41) is 9.78. The molecule has 0 aliphatic rings. The van der Waals surface area contributed by atoms with Crippen LogP contribution in [0.4, 0.5) is 0 Å². The van der Waals surface area contributed by atoms with Gasteiger partial charge in [-0.15, -0.1) is 0 Å². The van der Waals surface area contributed by atoms with Crippen molar-refractivity contribution in [2.45, 2.75) is 13.5 Å². The highest BCUT2D eigenvalue weighted by Gasteiger charge is 2.15. The van der Waals surface area contributed by atoms with E-state index in [0.717, 1.165) is 5.56 Å². The van der Waals surface area contributed by atoms with Crippen molar-refractivity contribution in [1.29, 1.82) is 0 Å². The maximum absolute atomic E-state index is 11.2. The Morgan fingerprint density at radius 1 is 1.32 bits per heavy atom. The van der Waals surface area contributed by atoms with Crippen molar-refractivity contribution in [1.82, 2.24) is 4.98 Å². The van der Waals surface area contributed by atoms with Crippen LogP contribution >= 0.6 is 11.6 Å². The molecular weight excluding hydrogens is 266 g/mol. The quantitative estimate of drug-likeness (QED) is 0.931. The van der Waals surface area contributed by atoms with E-state index in [0.29, 0.717) is 10.6 Å². The maximum Gasteiger partial charge on any atom is 0.341 e. The molecule has 0 aliphatic carbocycles. The molecule has 0 fully saturated rings. The Hall–Kier alpha value is -2.07. The van der Waals surface area contributed by atoms with Crippen molar-refractivity contribution in [2.75, 3.05) is 0 Å². The summed E-state index contributed by atoms with van der Waals surface area (Å²) >= 11 is 5.79. The molecule has 5 heteroatoms. The summed E-state index contributed by atoms with van der Waals surface area (Å²) in [7, 11) is 0. The van der Waals surface area contributed by atoms with Gasteiger partial charge in [0.2, 0.25) is 5.88 Å². The third-order valence-corrected chi connectivity index (χ3v) is 2.88. The summed E-state index contributed by atoms with van der Waals surface area (Å²) in [6, 6.07) is 8.78. The second-order valence-electron chi connectivity index (χ2n) is 4.03. The lowest BCUT2D eigenvalue weighted by atomic mass is 10.1. The van der Waals surface area contributed by atoms with Gasteiger partial charge in [0.25, 0.3) is 0 Å². The summed E-state index contributed by atoms with van der Waals surface area (Å²) in [6.45, 7) is 1.95. The topological polar surface area (TPSA) is 59.4 Å². The maximum atomic E-state index is 11.2. The molecule has 1 heterocycles. The van der Waals surface area contributed by atoms with E-state index < -0.39 is 5.97 Å². The summed E-state index contributed by atoms with van der Waals surface area (Å²) in [6.07, 6.45) is 1.53. The van der Waals surface area contributed by atoms with Gasteiger partial charge in [-0.05, 0) is 36.2 Å². The first-order valence-electron chi connectivity index (χ1n) is 5.64. The molecule has 0 unspecified atom stereocenters. The molecule has 2 rings (SSSR count). The Morgan fingerprint density at radius 3 is 2.63 bits per heavy atom. The van der Waals surface area contributed by atoms with Gasteiger partial charge in [-0.25, -0.2) is 9.78 Å². The number of ether oxygens (including phenoxy) is 1. The molecule has 2 aromatic rings. The molecule has 0 saturated heterocycles. The molecule has 1 aromatic carbocycles. The normalized spacial score (nSPS) is 10.2. The third-order valence-electron chi connectivity index (χ3n) is 2.63. The van der Waals surface area contributed by atoms with Crippen molar-refractivity contribution in [2.24, 2.45) is 0 Å². The number of benzene rings is 1. The molecule has 4 nitrogen and oxygen atoms in total. The van der Waals surface area contributed by atoms with E-state index in [2.05, 4.69) is 4.98 Å². The van der Waals surface area contributed by atoms with E-state index in [1.165, 1.54) is 6.20 Å². The number of halogens is 1. The van der Waals surface area contributed by atoms with Gasteiger partial charge in [-0.2, -0.15) is 0 Å². The fourth-order valence-electron chi connectivity index (χ4n) is 1.64. The lowest BCUT2D eigenvalue weighted by molar-refractivity contribution is 0.0689. The van der Waals surface area contributed by atoms with E-state index in [1.807, 2.05) is 12.1 Å². The van der Waals surface area contributed by atoms with Crippen molar-refractivity contribution in [3.63, 3.8) is 0 Å². The SMILES string of the molecule is Cc1ccnc(OCc2ccc(Cl)cc2)c1C(=O)O. The van der Waals surface area contributed by atoms with Crippen molar-refractivity contribution < 1.29 is 14.6 Å². The highest BCUT2D eigenvalue weighted by atomic mass is 35.5. The first-order chi connectivity index (χ1) is 9.08. The summed E-state index contributed by atoms with van der Waals surface area (Å²) in [4.78, 5) is 15.1. The average molecular weight is 278 g/mol. The van der Waals surface area contributed by atoms with Gasteiger partial charge in [-0.3, -0.25) is 0 Å². The first-order valence-corrected chi connectivity index (χ1v) is 6.02. The molecule has 0 amide bonds. The van der Waals surface area contributed by atoms with Crippen LogP contribution in [0.25, 0.3) is 0 Å². The van der Waals surface area contributed by atoms with Crippen LogP contribution < -0.4 is 4.74 Å². The molecule has 98 valence electrons. The van der Waals surface area contributed by atoms with Crippen LogP contribution in [0.1, 0.15) is 21.5 Å². The number of carboxylic acids is 1. The van der Waals surface area contributed by atoms with Crippen molar-refractivity contribution in [3.8, 4) is 5.88 Å². The van der Waals surface area contributed by atoms with Crippen molar-refractivity contribution >= 4 is 17.6 Å². The standard InChI is InChI=1S/C14H12ClNO3/c1-9-6-7-16-13(12(9)14(17)18)19-8-10-2-4-11(15)5-3-10/h2-7H,8H2,1H3,(H,17,18). The Morgan fingerprint density at radius 2 is 2.00 bits per heavy atom. The Bertz CT molecular complexity index is 596. The number of nitrogens with zero attached hydrogens (tertiary/aromatic N) is 1. The largest absolute Gasteiger partial charge is 0.477 e. The van der Waals surface area contributed by atoms with Gasteiger partial charge in [0.1, 0.15) is 12.2 Å². The van der Waals surface area contributed by atoms with Crippen LogP contribution in [-0.2, 0) is 6.61 Å². The average Bonchev–Trinajstić information content (AvgIpc) is 2.37. The number of rotatable bonds is 4. The Balaban J connectivity index is 2.18. The number of hydrogen-bond acceptors (Lipinski definition) is 3. The third kappa shape index (κ3) is 3.23. The Kier molecular flexibility index (Phi) is 4.02. The lowest BCUT2D eigenvalue weighted by Gasteiger charge is -2.09. The predicted octanol–water partition coefficient (Wildman–Crippen LogP) is 3.32. The molecule has 0 bridgehead atoms. The second-order valence-corrected chi connectivity index (χ2v) is 4.46. The van der Waals surface area contributed by atoms with E-state index >= 15 is 0 Å². The van der Waals surface area contributed by atoms with Crippen LogP contribution in [0.2, 0.25) is 5.02 Å². The van der Waals surface area contributed by atoms with Crippen LogP contribution in [0.3, 0.4) is 0 Å². The van der Waals surface area contributed by atoms with Gasteiger partial charge in [0, 0.05) is 11.2 Å². The number of carboxylic acid groups (broad SMARTS) is 1. The zero-order valence-electron chi connectivity index (χ0n) is 10.3. The van der Waals surface area contributed by atoms with Crippen LogP contribution in [0.5, 0.6) is 5.88 Å². The first kappa shape index (κ1) is 13.4. The van der Waals surface area contributed by atoms with Gasteiger partial charge >= 0.3 is 5.97 Å². The second kappa shape index (κ2) is 5.71. The fourth-order valence-corrected chi connectivity index (χ4v) is 1.76. The molecule has 0 saturated carbocycles. The zero-order valence-corrected chi connectivity index (χ0v) is 11.0. The highest BCUT2D eigenvalue weighted by Crippen LogP contribution is 2.20. The summed E-state index contributed by atoms with van der Waals surface area (Å²) < 4.78 is 5.47. The number of pyridine rings is 1. The minimum atomic E-state index is -1.04. The van der Waals surface area contributed by atoms with E-state index in [9.17, 15) is 4.79 Å². The summed E-state index contributed by atoms with van der Waals surface area (Å²) in [5.41, 5.74) is 1.61. The lowest BCUT2D eigenvalue weighted by Crippen LogP contribution is -2.07. The minimum absolute atomic E-state index is 0.0939. The number of aromatic carboxylic acids is 1. The molecule has 19 heavy (non-hydrogen) atoms. The van der Waals surface area contributed by atoms with Gasteiger partial charge in [-0.1, -0.05) is 23.7 Å². The minimum Gasteiger partial charge on any atom is -0.477 e. The molecule has 0 atom stereocenters. The van der Waals surface area contributed by atoms with E-state index in [4.69, 9.17) is 21.4 Å². The predicted molar refractivity (Wildman–Crippen MR) is 71.7 cm³/mol. The van der Waals surface area contributed by atoms with E-state index in [-0.39, 0.29) is 18.1 Å². The van der Waals surface area contributed by atoms with Crippen molar-refractivity contribution in [3.05, 3.63) is 58.2 Å². The molecule has 1 N–H and O–H groups in total. The van der Waals surface area contributed by atoms with Crippen LogP contribution in [0.15, 0.2) is 36.5 Å². The number of hydrogen-bond donors (Lipinski definition) is 1. The Labute approximate surface area is 115 Å². The number of aryl methyl sites for hydroxylation is 1. The number of carbonyl (C=O) groups is 1. The smallest absolute Gasteiger partial charge is 0.341 e. The summed E-state index contributed by atoms with van der Waals surface area (Å²) in [5.74, 6) is -0.917. The van der Waals surface area contributed by atoms with Gasteiger partial charge in [0.15, 0.2) is 0 Å². The molecule has 0 radical (unpaired) electrons. The molecular formula is C14H12ClNO3. The number of aromatic nitrogens is 1. The van der Waals surface area contributed by atoms with Crippen LogP contribution in [-0.4, -0.2) is 16.1 Å². The van der Waals surface area contributed by atoms with E-state index in [1.54, 1.807) is 25.1 Å².